The fraction of sp³-hybridized carbons (Fsp3) is 0.900. The molecule has 1 saturated carbocycles. The Morgan fingerprint density at radius 1 is 1.46 bits per heavy atom. The minimum absolute atomic E-state index is 0.00545. The Bertz CT molecular complexity index is 182. The summed E-state index contributed by atoms with van der Waals surface area (Å²) in [6, 6.07) is 0. The molecule has 0 amide bonds. The van der Waals surface area contributed by atoms with Gasteiger partial charge in [0.2, 0.25) is 5.24 Å². The fourth-order valence-corrected chi connectivity index (χ4v) is 2.34. The molecule has 1 aliphatic carbocycles. The van der Waals surface area contributed by atoms with E-state index in [1.807, 2.05) is 0 Å². The fourth-order valence-electron chi connectivity index (χ4n) is 2.03. The first kappa shape index (κ1) is 11.0. The Kier molecular flexibility index (Phi) is 4.20. The Balaban J connectivity index is 2.61. The molecule has 1 fully saturated rings. The van der Waals surface area contributed by atoms with Crippen LogP contribution in [0.15, 0.2) is 0 Å². The molecule has 0 aromatic heterocycles. The van der Waals surface area contributed by atoms with Gasteiger partial charge in [0.05, 0.1) is 6.10 Å². The quantitative estimate of drug-likeness (QED) is 0.511. The third-order valence-corrected chi connectivity index (χ3v) is 3.29. The van der Waals surface area contributed by atoms with Gasteiger partial charge in [-0.25, -0.2) is 0 Å². The van der Waals surface area contributed by atoms with Crippen LogP contribution in [0.25, 0.3) is 0 Å². The van der Waals surface area contributed by atoms with Crippen molar-refractivity contribution in [3.05, 3.63) is 0 Å². The molecule has 0 aromatic rings. The zero-order chi connectivity index (χ0) is 9.84. The lowest BCUT2D eigenvalue weighted by Crippen LogP contribution is -2.21. The molecule has 0 saturated heterocycles. The summed E-state index contributed by atoms with van der Waals surface area (Å²) in [7, 11) is 1.70. The van der Waals surface area contributed by atoms with Gasteiger partial charge in [0.1, 0.15) is 0 Å². The van der Waals surface area contributed by atoms with E-state index in [4.69, 9.17) is 16.3 Å². The van der Waals surface area contributed by atoms with Gasteiger partial charge in [-0.2, -0.15) is 0 Å². The molecular formula is C10H17ClO2. The molecule has 0 spiro atoms. The SMILES string of the molecule is COC1CCCC(C)[C@@H](C(=O)Cl)C1. The summed E-state index contributed by atoms with van der Waals surface area (Å²) in [4.78, 5) is 11.1. The van der Waals surface area contributed by atoms with Crippen molar-refractivity contribution in [3.8, 4) is 0 Å². The van der Waals surface area contributed by atoms with Crippen LogP contribution in [0.4, 0.5) is 0 Å². The Morgan fingerprint density at radius 3 is 2.69 bits per heavy atom. The summed E-state index contributed by atoms with van der Waals surface area (Å²) in [5.41, 5.74) is 0. The van der Waals surface area contributed by atoms with Crippen LogP contribution >= 0.6 is 11.6 Å². The molecule has 0 aromatic carbocycles. The highest BCUT2D eigenvalue weighted by Crippen LogP contribution is 2.31. The van der Waals surface area contributed by atoms with Gasteiger partial charge >= 0.3 is 0 Å². The van der Waals surface area contributed by atoms with Crippen LogP contribution < -0.4 is 0 Å². The highest BCUT2D eigenvalue weighted by Gasteiger charge is 2.29. The maximum Gasteiger partial charge on any atom is 0.225 e. The third kappa shape index (κ3) is 2.96. The average molecular weight is 205 g/mol. The molecule has 0 heterocycles. The zero-order valence-corrected chi connectivity index (χ0v) is 9.01. The smallest absolute Gasteiger partial charge is 0.225 e. The van der Waals surface area contributed by atoms with E-state index in [1.54, 1.807) is 7.11 Å². The molecule has 3 heteroatoms. The van der Waals surface area contributed by atoms with E-state index < -0.39 is 0 Å². The van der Waals surface area contributed by atoms with Gasteiger partial charge in [-0.1, -0.05) is 13.3 Å². The number of rotatable bonds is 2. The van der Waals surface area contributed by atoms with Gasteiger partial charge in [0.25, 0.3) is 0 Å². The van der Waals surface area contributed by atoms with E-state index in [9.17, 15) is 4.79 Å². The van der Waals surface area contributed by atoms with Crippen LogP contribution in [0, 0.1) is 11.8 Å². The number of methoxy groups -OCH3 is 1. The van der Waals surface area contributed by atoms with Gasteiger partial charge in [0, 0.05) is 13.0 Å². The topological polar surface area (TPSA) is 26.3 Å². The van der Waals surface area contributed by atoms with E-state index in [0.29, 0.717) is 5.92 Å². The van der Waals surface area contributed by atoms with Gasteiger partial charge in [0.15, 0.2) is 0 Å². The molecular weight excluding hydrogens is 188 g/mol. The zero-order valence-electron chi connectivity index (χ0n) is 8.25. The van der Waals surface area contributed by atoms with Crippen molar-refractivity contribution in [3.63, 3.8) is 0 Å². The van der Waals surface area contributed by atoms with Crippen molar-refractivity contribution in [1.82, 2.24) is 0 Å². The molecule has 0 radical (unpaired) electrons. The summed E-state index contributed by atoms with van der Waals surface area (Å²) in [6.45, 7) is 2.10. The first-order valence-corrected chi connectivity index (χ1v) is 5.25. The van der Waals surface area contributed by atoms with Gasteiger partial charge in [-0.3, -0.25) is 4.79 Å². The molecule has 0 N–H and O–H groups in total. The number of carbonyl (C=O) groups is 1. The van der Waals surface area contributed by atoms with E-state index in [0.717, 1.165) is 25.7 Å². The molecule has 2 nitrogen and oxygen atoms in total. The highest BCUT2D eigenvalue weighted by atomic mass is 35.5. The van der Waals surface area contributed by atoms with E-state index in [1.165, 1.54) is 0 Å². The predicted molar refractivity (Wildman–Crippen MR) is 52.8 cm³/mol. The molecule has 2 unspecified atom stereocenters. The Morgan fingerprint density at radius 2 is 2.15 bits per heavy atom. The summed E-state index contributed by atoms with van der Waals surface area (Å²) in [5, 5.41) is -0.198. The van der Waals surface area contributed by atoms with Crippen molar-refractivity contribution >= 4 is 16.8 Å². The number of hydrogen-bond acceptors (Lipinski definition) is 2. The summed E-state index contributed by atoms with van der Waals surface area (Å²) >= 11 is 5.55. The summed E-state index contributed by atoms with van der Waals surface area (Å²) in [6.07, 6.45) is 4.29. The molecule has 3 atom stereocenters. The Hall–Kier alpha value is -0.0800. The minimum Gasteiger partial charge on any atom is -0.381 e. The van der Waals surface area contributed by atoms with Crippen LogP contribution in [0.1, 0.15) is 32.6 Å². The van der Waals surface area contributed by atoms with E-state index in [-0.39, 0.29) is 17.3 Å². The predicted octanol–water partition coefficient (Wildman–Crippen LogP) is 2.59. The van der Waals surface area contributed by atoms with Gasteiger partial charge in [-0.15, -0.1) is 0 Å². The number of carbonyl (C=O) groups excluding carboxylic acids is 1. The van der Waals surface area contributed by atoms with Crippen LogP contribution in [-0.2, 0) is 9.53 Å². The summed E-state index contributed by atoms with van der Waals surface area (Å²) < 4.78 is 5.29. The number of halogens is 1. The van der Waals surface area contributed by atoms with E-state index >= 15 is 0 Å². The largest absolute Gasteiger partial charge is 0.381 e. The second-order valence-electron chi connectivity index (χ2n) is 3.91. The first-order chi connectivity index (χ1) is 6.15. The monoisotopic (exact) mass is 204 g/mol. The van der Waals surface area contributed by atoms with Gasteiger partial charge in [-0.05, 0) is 36.8 Å². The maximum atomic E-state index is 11.1. The van der Waals surface area contributed by atoms with Gasteiger partial charge < -0.3 is 4.74 Å². The Labute approximate surface area is 84.6 Å². The highest BCUT2D eigenvalue weighted by molar-refractivity contribution is 6.64. The molecule has 1 rings (SSSR count). The molecule has 1 aliphatic rings. The van der Waals surface area contributed by atoms with Crippen LogP contribution in [-0.4, -0.2) is 18.5 Å². The summed E-state index contributed by atoms with van der Waals surface area (Å²) in [5.74, 6) is 0.402. The third-order valence-electron chi connectivity index (χ3n) is 3.01. The lowest BCUT2D eigenvalue weighted by atomic mass is 9.90. The first-order valence-electron chi connectivity index (χ1n) is 4.87. The molecule has 13 heavy (non-hydrogen) atoms. The van der Waals surface area contributed by atoms with Crippen molar-refractivity contribution < 1.29 is 9.53 Å². The minimum atomic E-state index is -0.198. The standard InChI is InChI=1S/C10H17ClO2/c1-7-4-3-5-8(13-2)6-9(7)10(11)12/h7-9H,3-6H2,1-2H3/t7?,8?,9-/m0/s1. The van der Waals surface area contributed by atoms with Crippen molar-refractivity contribution in [2.45, 2.75) is 38.7 Å². The second kappa shape index (κ2) is 4.97. The van der Waals surface area contributed by atoms with Crippen molar-refractivity contribution in [2.24, 2.45) is 11.8 Å². The normalized spacial score (nSPS) is 35.5. The number of hydrogen-bond donors (Lipinski definition) is 0. The van der Waals surface area contributed by atoms with Crippen LogP contribution in [0.5, 0.6) is 0 Å². The molecule has 0 bridgehead atoms. The van der Waals surface area contributed by atoms with Crippen LogP contribution in [0.2, 0.25) is 0 Å². The lowest BCUT2D eigenvalue weighted by molar-refractivity contribution is -0.117. The average Bonchev–Trinajstić information content (AvgIpc) is 2.26. The maximum absolute atomic E-state index is 11.1. The van der Waals surface area contributed by atoms with Crippen molar-refractivity contribution in [2.75, 3.05) is 7.11 Å². The number of ether oxygens (including phenoxy) is 1. The lowest BCUT2D eigenvalue weighted by Gasteiger charge is -2.19. The van der Waals surface area contributed by atoms with Crippen LogP contribution in [0.3, 0.4) is 0 Å². The molecule has 0 aliphatic heterocycles. The van der Waals surface area contributed by atoms with E-state index in [2.05, 4.69) is 6.92 Å². The second-order valence-corrected chi connectivity index (χ2v) is 4.28. The molecule has 76 valence electrons. The van der Waals surface area contributed by atoms with Crippen molar-refractivity contribution in [1.29, 1.82) is 0 Å².